The molecule has 2 rings (SSSR count). The van der Waals surface area contributed by atoms with E-state index < -0.39 is 0 Å². The Morgan fingerprint density at radius 3 is 3.06 bits per heavy atom. The van der Waals surface area contributed by atoms with Crippen LogP contribution in [-0.2, 0) is 11.3 Å². The molecule has 1 unspecified atom stereocenters. The van der Waals surface area contributed by atoms with Crippen LogP contribution < -0.4 is 5.73 Å². The number of nitrogens with two attached hydrogens (primary N) is 1. The summed E-state index contributed by atoms with van der Waals surface area (Å²) in [5.74, 6) is 0. The number of hydrogen-bond donors (Lipinski definition) is 2. The van der Waals surface area contributed by atoms with E-state index in [1.165, 1.54) is 0 Å². The summed E-state index contributed by atoms with van der Waals surface area (Å²) in [6, 6.07) is 5.58. The van der Waals surface area contributed by atoms with Crippen molar-refractivity contribution in [1.29, 1.82) is 0 Å². The summed E-state index contributed by atoms with van der Waals surface area (Å²) < 4.78 is 5.34. The Balaban J connectivity index is 2.08. The predicted octanol–water partition coefficient (Wildman–Crippen LogP) is 1.12. The number of nitrogens with zero attached hydrogens (tertiary/aromatic N) is 1. The van der Waals surface area contributed by atoms with Gasteiger partial charge in [-0.3, -0.25) is 4.90 Å². The molecule has 0 amide bonds. The van der Waals surface area contributed by atoms with Crippen LogP contribution in [0.3, 0.4) is 0 Å². The molecule has 1 aliphatic heterocycles. The number of halogens is 1. The second-order valence-electron chi connectivity index (χ2n) is 4.23. The molecule has 1 aliphatic rings. The zero-order chi connectivity index (χ0) is 12.3. The van der Waals surface area contributed by atoms with Gasteiger partial charge in [0.25, 0.3) is 0 Å². The van der Waals surface area contributed by atoms with Crippen LogP contribution in [0, 0.1) is 0 Å². The van der Waals surface area contributed by atoms with Crippen LogP contribution in [0.4, 0.5) is 5.69 Å². The van der Waals surface area contributed by atoms with Crippen molar-refractivity contribution in [2.24, 2.45) is 0 Å². The van der Waals surface area contributed by atoms with Gasteiger partial charge >= 0.3 is 0 Å². The molecular weight excluding hydrogens is 240 g/mol. The van der Waals surface area contributed by atoms with Gasteiger partial charge in [0, 0.05) is 23.8 Å². The van der Waals surface area contributed by atoms with Crippen molar-refractivity contribution in [2.75, 3.05) is 32.1 Å². The first-order chi connectivity index (χ1) is 8.20. The molecule has 3 N–H and O–H groups in total. The van der Waals surface area contributed by atoms with Crippen molar-refractivity contribution in [2.45, 2.75) is 12.6 Å². The van der Waals surface area contributed by atoms with Crippen molar-refractivity contribution in [3.05, 3.63) is 28.8 Å². The van der Waals surface area contributed by atoms with E-state index in [1.807, 2.05) is 12.1 Å². The average Bonchev–Trinajstić information content (AvgIpc) is 2.33. The van der Waals surface area contributed by atoms with Crippen molar-refractivity contribution in [3.8, 4) is 0 Å². The van der Waals surface area contributed by atoms with Crippen molar-refractivity contribution in [1.82, 2.24) is 4.90 Å². The highest BCUT2D eigenvalue weighted by atomic mass is 35.5. The van der Waals surface area contributed by atoms with Gasteiger partial charge in [-0.25, -0.2) is 0 Å². The Hall–Kier alpha value is -0.810. The average molecular weight is 257 g/mol. The number of rotatable bonds is 3. The first kappa shape index (κ1) is 12.6. The molecule has 5 heteroatoms. The topological polar surface area (TPSA) is 58.7 Å². The van der Waals surface area contributed by atoms with E-state index in [-0.39, 0.29) is 12.6 Å². The van der Waals surface area contributed by atoms with Crippen LogP contribution in [0.1, 0.15) is 5.56 Å². The largest absolute Gasteiger partial charge is 0.399 e. The van der Waals surface area contributed by atoms with Gasteiger partial charge in [-0.1, -0.05) is 17.7 Å². The molecule has 0 aromatic heterocycles. The fourth-order valence-electron chi connectivity index (χ4n) is 1.98. The van der Waals surface area contributed by atoms with Gasteiger partial charge in [0.2, 0.25) is 0 Å². The minimum absolute atomic E-state index is 0.0531. The highest BCUT2D eigenvalue weighted by Crippen LogP contribution is 2.22. The van der Waals surface area contributed by atoms with E-state index in [0.717, 1.165) is 12.1 Å². The Bertz CT molecular complexity index is 387. The molecule has 1 saturated heterocycles. The SMILES string of the molecule is Nc1ccc(CN2CCOCC2CO)c(Cl)c1. The Labute approximate surface area is 106 Å². The molecule has 1 aromatic rings. The molecule has 94 valence electrons. The van der Waals surface area contributed by atoms with Gasteiger partial charge < -0.3 is 15.6 Å². The smallest absolute Gasteiger partial charge is 0.0644 e. The number of benzene rings is 1. The van der Waals surface area contributed by atoms with Gasteiger partial charge in [-0.05, 0) is 17.7 Å². The molecule has 0 aliphatic carbocycles. The molecule has 4 nitrogen and oxygen atoms in total. The maximum absolute atomic E-state index is 9.28. The molecule has 17 heavy (non-hydrogen) atoms. The maximum Gasteiger partial charge on any atom is 0.0644 e. The van der Waals surface area contributed by atoms with E-state index in [9.17, 15) is 5.11 Å². The summed E-state index contributed by atoms with van der Waals surface area (Å²) >= 11 is 6.14. The first-order valence-corrected chi connectivity index (χ1v) is 6.05. The molecular formula is C12H17ClN2O2. The standard InChI is InChI=1S/C12H17ClN2O2/c13-12-5-10(14)2-1-9(12)6-15-3-4-17-8-11(15)7-16/h1-2,5,11,16H,3-4,6-8,14H2. The van der Waals surface area contributed by atoms with E-state index in [1.54, 1.807) is 6.07 Å². The van der Waals surface area contributed by atoms with Crippen molar-refractivity contribution >= 4 is 17.3 Å². The molecule has 0 bridgehead atoms. The third-order valence-electron chi connectivity index (χ3n) is 3.01. The third-order valence-corrected chi connectivity index (χ3v) is 3.36. The number of nitrogen functional groups attached to an aromatic ring is 1. The predicted molar refractivity (Wildman–Crippen MR) is 68.0 cm³/mol. The van der Waals surface area contributed by atoms with Gasteiger partial charge in [0.1, 0.15) is 0 Å². The lowest BCUT2D eigenvalue weighted by atomic mass is 10.1. The number of aliphatic hydroxyl groups is 1. The van der Waals surface area contributed by atoms with Crippen LogP contribution in [0.25, 0.3) is 0 Å². The number of hydrogen-bond acceptors (Lipinski definition) is 4. The van der Waals surface area contributed by atoms with Crippen LogP contribution >= 0.6 is 11.6 Å². The number of aliphatic hydroxyl groups excluding tert-OH is 1. The zero-order valence-electron chi connectivity index (χ0n) is 9.60. The second-order valence-corrected chi connectivity index (χ2v) is 4.64. The Morgan fingerprint density at radius 1 is 1.53 bits per heavy atom. The minimum Gasteiger partial charge on any atom is -0.399 e. The normalized spacial score (nSPS) is 21.6. The molecule has 1 atom stereocenters. The zero-order valence-corrected chi connectivity index (χ0v) is 10.4. The molecule has 0 spiro atoms. The van der Waals surface area contributed by atoms with E-state index in [2.05, 4.69) is 4.90 Å². The fraction of sp³-hybridized carbons (Fsp3) is 0.500. The highest BCUT2D eigenvalue weighted by molar-refractivity contribution is 6.31. The third kappa shape index (κ3) is 3.10. The van der Waals surface area contributed by atoms with Crippen LogP contribution in [-0.4, -0.2) is 42.4 Å². The molecule has 0 saturated carbocycles. The van der Waals surface area contributed by atoms with Crippen molar-refractivity contribution < 1.29 is 9.84 Å². The number of morpholine rings is 1. The fourth-order valence-corrected chi connectivity index (χ4v) is 2.22. The van der Waals surface area contributed by atoms with Gasteiger partial charge in [-0.15, -0.1) is 0 Å². The van der Waals surface area contributed by atoms with Crippen LogP contribution in [0.2, 0.25) is 5.02 Å². The first-order valence-electron chi connectivity index (χ1n) is 5.67. The lowest BCUT2D eigenvalue weighted by Crippen LogP contribution is -2.46. The second kappa shape index (κ2) is 5.69. The summed E-state index contributed by atoms with van der Waals surface area (Å²) in [7, 11) is 0. The molecule has 1 aromatic carbocycles. The lowest BCUT2D eigenvalue weighted by molar-refractivity contribution is -0.0312. The van der Waals surface area contributed by atoms with Gasteiger partial charge in [0.05, 0.1) is 25.9 Å². The van der Waals surface area contributed by atoms with E-state index in [0.29, 0.717) is 30.5 Å². The maximum atomic E-state index is 9.28. The number of anilines is 1. The summed E-state index contributed by atoms with van der Waals surface area (Å²) in [6.45, 7) is 2.90. The van der Waals surface area contributed by atoms with Crippen molar-refractivity contribution in [3.63, 3.8) is 0 Å². The van der Waals surface area contributed by atoms with Crippen LogP contribution in [0.5, 0.6) is 0 Å². The Kier molecular flexibility index (Phi) is 4.23. The van der Waals surface area contributed by atoms with E-state index >= 15 is 0 Å². The monoisotopic (exact) mass is 256 g/mol. The summed E-state index contributed by atoms with van der Waals surface area (Å²) in [5, 5.41) is 9.95. The molecule has 0 radical (unpaired) electrons. The van der Waals surface area contributed by atoms with E-state index in [4.69, 9.17) is 22.1 Å². The summed E-state index contributed by atoms with van der Waals surface area (Å²) in [5.41, 5.74) is 7.35. The summed E-state index contributed by atoms with van der Waals surface area (Å²) in [4.78, 5) is 2.18. The van der Waals surface area contributed by atoms with Gasteiger partial charge in [-0.2, -0.15) is 0 Å². The minimum atomic E-state index is 0.0531. The lowest BCUT2D eigenvalue weighted by Gasteiger charge is -2.34. The van der Waals surface area contributed by atoms with Crippen LogP contribution in [0.15, 0.2) is 18.2 Å². The number of ether oxygens (including phenoxy) is 1. The highest BCUT2D eigenvalue weighted by Gasteiger charge is 2.22. The summed E-state index contributed by atoms with van der Waals surface area (Å²) in [6.07, 6.45) is 0. The van der Waals surface area contributed by atoms with Gasteiger partial charge in [0.15, 0.2) is 0 Å². The quantitative estimate of drug-likeness (QED) is 0.796. The Morgan fingerprint density at radius 2 is 2.35 bits per heavy atom. The molecule has 1 fully saturated rings. The molecule has 1 heterocycles.